The lowest BCUT2D eigenvalue weighted by molar-refractivity contribution is 0.480. The van der Waals surface area contributed by atoms with E-state index in [0.717, 1.165) is 17.1 Å². The molecule has 2 bridgehead atoms. The van der Waals surface area contributed by atoms with Gasteiger partial charge in [-0.2, -0.15) is 0 Å². The van der Waals surface area contributed by atoms with E-state index >= 15 is 0 Å². The molecule has 3 heteroatoms. The van der Waals surface area contributed by atoms with E-state index in [1.165, 1.54) is 24.8 Å². The van der Waals surface area contributed by atoms with Crippen LogP contribution in [0.15, 0.2) is 54.4 Å². The third kappa shape index (κ3) is 2.69. The average Bonchev–Trinajstić information content (AvgIpc) is 3.11. The Kier molecular flexibility index (Phi) is 3.20. The molecule has 1 aromatic carbocycles. The highest BCUT2D eigenvalue weighted by Gasteiger charge is 2.34. The number of hydrogen-bond donors (Lipinski definition) is 1. The Balaban J connectivity index is 1.55. The molecule has 3 heterocycles. The van der Waals surface area contributed by atoms with Gasteiger partial charge in [-0.25, -0.2) is 0 Å². The van der Waals surface area contributed by atoms with Crippen molar-refractivity contribution in [3.63, 3.8) is 0 Å². The molecular weight excluding hydrogens is 260 g/mol. The fourth-order valence-electron chi connectivity index (χ4n) is 3.27. The van der Waals surface area contributed by atoms with E-state index in [1.807, 2.05) is 36.5 Å². The van der Waals surface area contributed by atoms with E-state index in [0.29, 0.717) is 12.1 Å². The predicted octanol–water partition coefficient (Wildman–Crippen LogP) is 3.78. The molecule has 4 rings (SSSR count). The summed E-state index contributed by atoms with van der Waals surface area (Å²) < 4.78 is 5.84. The molecule has 0 spiro atoms. The number of ether oxygens (including phenoxy) is 1. The molecule has 1 aromatic heterocycles. The van der Waals surface area contributed by atoms with E-state index in [9.17, 15) is 0 Å². The molecule has 2 saturated heterocycles. The zero-order valence-electron chi connectivity index (χ0n) is 11.8. The summed E-state index contributed by atoms with van der Waals surface area (Å²) in [5, 5.41) is 3.63. The average molecular weight is 278 g/mol. The summed E-state index contributed by atoms with van der Waals surface area (Å²) >= 11 is 0. The first-order valence-corrected chi connectivity index (χ1v) is 7.51. The van der Waals surface area contributed by atoms with Crippen LogP contribution in [0.25, 0.3) is 6.08 Å². The normalized spacial score (nSPS) is 25.4. The maximum absolute atomic E-state index is 5.84. The maximum atomic E-state index is 5.84. The first kappa shape index (κ1) is 12.6. The SMILES string of the molecule is C(=C1/CC2CCC1N2)/c1cncc(Oc2ccccc2)c1. The molecule has 2 unspecified atom stereocenters. The summed E-state index contributed by atoms with van der Waals surface area (Å²) in [5.41, 5.74) is 2.62. The summed E-state index contributed by atoms with van der Waals surface area (Å²) in [6.45, 7) is 0. The van der Waals surface area contributed by atoms with Crippen molar-refractivity contribution in [2.75, 3.05) is 0 Å². The number of hydrogen-bond acceptors (Lipinski definition) is 3. The van der Waals surface area contributed by atoms with Gasteiger partial charge in [-0.15, -0.1) is 0 Å². The van der Waals surface area contributed by atoms with Crippen molar-refractivity contribution in [3.8, 4) is 11.5 Å². The van der Waals surface area contributed by atoms with Crippen LogP contribution in [-0.4, -0.2) is 17.1 Å². The van der Waals surface area contributed by atoms with Crippen molar-refractivity contribution in [1.29, 1.82) is 0 Å². The number of benzene rings is 1. The third-order valence-corrected chi connectivity index (χ3v) is 4.24. The molecule has 21 heavy (non-hydrogen) atoms. The van der Waals surface area contributed by atoms with E-state index in [-0.39, 0.29) is 0 Å². The molecular formula is C18H18N2O. The first-order chi connectivity index (χ1) is 10.4. The molecule has 2 aromatic rings. The maximum Gasteiger partial charge on any atom is 0.146 e. The van der Waals surface area contributed by atoms with Gasteiger partial charge in [0.15, 0.2) is 0 Å². The van der Waals surface area contributed by atoms with E-state index in [4.69, 9.17) is 4.74 Å². The van der Waals surface area contributed by atoms with E-state index < -0.39 is 0 Å². The minimum atomic E-state index is 0.577. The number of nitrogens with zero attached hydrogens (tertiary/aromatic N) is 1. The fraction of sp³-hybridized carbons (Fsp3) is 0.278. The van der Waals surface area contributed by atoms with E-state index in [2.05, 4.69) is 22.4 Å². The molecule has 2 atom stereocenters. The van der Waals surface area contributed by atoms with Crippen LogP contribution < -0.4 is 10.1 Å². The van der Waals surface area contributed by atoms with Gasteiger partial charge in [0.05, 0.1) is 6.20 Å². The van der Waals surface area contributed by atoms with Crippen LogP contribution in [0.2, 0.25) is 0 Å². The van der Waals surface area contributed by atoms with Crippen LogP contribution in [0, 0.1) is 0 Å². The van der Waals surface area contributed by atoms with Crippen LogP contribution in [-0.2, 0) is 0 Å². The Labute approximate surface area is 124 Å². The molecule has 0 amide bonds. The molecule has 2 aliphatic heterocycles. The van der Waals surface area contributed by atoms with Gasteiger partial charge in [0.25, 0.3) is 0 Å². The number of aromatic nitrogens is 1. The smallest absolute Gasteiger partial charge is 0.146 e. The molecule has 3 nitrogen and oxygen atoms in total. The minimum absolute atomic E-state index is 0.577. The minimum Gasteiger partial charge on any atom is -0.456 e. The molecule has 2 fully saturated rings. The topological polar surface area (TPSA) is 34.2 Å². The monoisotopic (exact) mass is 278 g/mol. The standard InChI is InChI=1S/C18H18N2O/c1-2-4-16(5-3-1)21-17-9-13(11-19-12-17)8-14-10-15-6-7-18(14)20-15/h1-5,8-9,11-12,15,18,20H,6-7,10H2/b14-8+. The van der Waals surface area contributed by atoms with Crippen LogP contribution in [0.4, 0.5) is 0 Å². The summed E-state index contributed by atoms with van der Waals surface area (Å²) in [4.78, 5) is 4.29. The van der Waals surface area contributed by atoms with Crippen molar-refractivity contribution in [2.45, 2.75) is 31.3 Å². The predicted molar refractivity (Wildman–Crippen MR) is 83.3 cm³/mol. The van der Waals surface area contributed by atoms with Crippen LogP contribution in [0.5, 0.6) is 11.5 Å². The Morgan fingerprint density at radius 3 is 2.76 bits per heavy atom. The zero-order valence-corrected chi connectivity index (χ0v) is 11.8. The summed E-state index contributed by atoms with van der Waals surface area (Å²) in [7, 11) is 0. The quantitative estimate of drug-likeness (QED) is 0.927. The lowest BCUT2D eigenvalue weighted by atomic mass is 9.93. The number of para-hydroxylation sites is 1. The highest BCUT2D eigenvalue weighted by atomic mass is 16.5. The van der Waals surface area contributed by atoms with Crippen molar-refractivity contribution >= 4 is 6.08 Å². The summed E-state index contributed by atoms with van der Waals surface area (Å²) in [6.07, 6.45) is 9.68. The van der Waals surface area contributed by atoms with E-state index in [1.54, 1.807) is 6.20 Å². The third-order valence-electron chi connectivity index (χ3n) is 4.24. The second-order valence-electron chi connectivity index (χ2n) is 5.79. The molecule has 106 valence electrons. The molecule has 1 N–H and O–H groups in total. The highest BCUT2D eigenvalue weighted by molar-refractivity contribution is 5.56. The first-order valence-electron chi connectivity index (χ1n) is 7.51. The fourth-order valence-corrected chi connectivity index (χ4v) is 3.27. The second-order valence-corrected chi connectivity index (χ2v) is 5.79. The number of fused-ring (bicyclic) bond motifs is 2. The van der Waals surface area contributed by atoms with Crippen molar-refractivity contribution < 1.29 is 4.74 Å². The number of pyridine rings is 1. The summed E-state index contributed by atoms with van der Waals surface area (Å²) in [6, 6.07) is 13.1. The van der Waals surface area contributed by atoms with Gasteiger partial charge >= 0.3 is 0 Å². The largest absolute Gasteiger partial charge is 0.456 e. The molecule has 0 aliphatic carbocycles. The van der Waals surface area contributed by atoms with Crippen molar-refractivity contribution in [2.24, 2.45) is 0 Å². The van der Waals surface area contributed by atoms with Gasteiger partial charge < -0.3 is 10.1 Å². The summed E-state index contributed by atoms with van der Waals surface area (Å²) in [5.74, 6) is 1.62. The van der Waals surface area contributed by atoms with Gasteiger partial charge in [-0.05, 0) is 43.0 Å². The number of nitrogens with one attached hydrogen (secondary N) is 1. The molecule has 2 aliphatic rings. The van der Waals surface area contributed by atoms with Gasteiger partial charge in [0.1, 0.15) is 11.5 Å². The molecule has 0 saturated carbocycles. The van der Waals surface area contributed by atoms with Crippen LogP contribution in [0.3, 0.4) is 0 Å². The van der Waals surface area contributed by atoms with Crippen molar-refractivity contribution in [3.05, 3.63) is 59.9 Å². The Morgan fingerprint density at radius 1 is 1.10 bits per heavy atom. The highest BCUT2D eigenvalue weighted by Crippen LogP contribution is 2.34. The van der Waals surface area contributed by atoms with Gasteiger partial charge in [0, 0.05) is 18.3 Å². The van der Waals surface area contributed by atoms with Crippen LogP contribution in [0.1, 0.15) is 24.8 Å². The second kappa shape index (κ2) is 5.34. The van der Waals surface area contributed by atoms with Gasteiger partial charge in [0.2, 0.25) is 0 Å². The Bertz CT molecular complexity index is 666. The van der Waals surface area contributed by atoms with Crippen molar-refractivity contribution in [1.82, 2.24) is 10.3 Å². The molecule has 0 radical (unpaired) electrons. The lowest BCUT2D eigenvalue weighted by Crippen LogP contribution is -2.18. The Morgan fingerprint density at radius 2 is 2.00 bits per heavy atom. The van der Waals surface area contributed by atoms with Crippen LogP contribution >= 0.6 is 0 Å². The Hall–Kier alpha value is -2.13. The van der Waals surface area contributed by atoms with Gasteiger partial charge in [-0.1, -0.05) is 29.8 Å². The lowest BCUT2D eigenvalue weighted by Gasteiger charge is -2.11. The zero-order chi connectivity index (χ0) is 14.1. The van der Waals surface area contributed by atoms with Gasteiger partial charge in [-0.3, -0.25) is 4.98 Å². The number of rotatable bonds is 3.